The molecule has 0 fully saturated rings. The van der Waals surface area contributed by atoms with Crippen molar-refractivity contribution in [1.82, 2.24) is 24.9 Å². The second-order valence-electron chi connectivity index (χ2n) is 7.20. The van der Waals surface area contributed by atoms with Crippen molar-refractivity contribution in [1.29, 1.82) is 0 Å². The van der Waals surface area contributed by atoms with Gasteiger partial charge in [0.1, 0.15) is 6.33 Å². The van der Waals surface area contributed by atoms with Crippen LogP contribution in [0.4, 0.5) is 5.95 Å². The van der Waals surface area contributed by atoms with Gasteiger partial charge in [-0.15, -0.1) is 5.10 Å². The van der Waals surface area contributed by atoms with Crippen LogP contribution in [0.2, 0.25) is 0 Å². The van der Waals surface area contributed by atoms with Gasteiger partial charge in [0.2, 0.25) is 17.7 Å². The lowest BCUT2D eigenvalue weighted by molar-refractivity contribution is -0.116. The number of nitrogens with zero attached hydrogens (tertiary/aromatic N) is 5. The Morgan fingerprint density at radius 2 is 2.00 bits per heavy atom. The number of carbonyl (C=O) groups is 1. The topological polar surface area (TPSA) is 98.7 Å². The zero-order chi connectivity index (χ0) is 19.4. The summed E-state index contributed by atoms with van der Waals surface area (Å²) in [6.07, 6.45) is 2.17. The molecular formula is C18H21BrN6O2. The molecule has 0 aliphatic rings. The third-order valence-electron chi connectivity index (χ3n) is 3.75. The van der Waals surface area contributed by atoms with E-state index in [4.69, 9.17) is 4.52 Å². The van der Waals surface area contributed by atoms with Crippen LogP contribution < -0.4 is 5.32 Å². The number of aryl methyl sites for hydroxylation is 1. The Bertz CT molecular complexity index is 911. The van der Waals surface area contributed by atoms with Crippen LogP contribution in [0.5, 0.6) is 0 Å². The van der Waals surface area contributed by atoms with Crippen LogP contribution in [0.3, 0.4) is 0 Å². The number of aromatic nitrogens is 5. The van der Waals surface area contributed by atoms with E-state index in [0.29, 0.717) is 24.7 Å². The van der Waals surface area contributed by atoms with Gasteiger partial charge in [-0.2, -0.15) is 4.98 Å². The van der Waals surface area contributed by atoms with Gasteiger partial charge in [0.25, 0.3) is 0 Å². The number of amides is 1. The molecule has 3 aromatic rings. The smallest absolute Gasteiger partial charge is 0.248 e. The van der Waals surface area contributed by atoms with Gasteiger partial charge in [0.05, 0.1) is 6.54 Å². The standard InChI is InChI=1S/C18H21BrN6O2/c1-18(2,3)16-22-15(27-24-16)9-8-14(26)21-17-20-11-25(23-17)10-12-4-6-13(19)7-5-12/h4-7,11H,8-10H2,1-3H3,(H,21,23,26). The fourth-order valence-corrected chi connectivity index (χ4v) is 2.54. The van der Waals surface area contributed by atoms with E-state index in [-0.39, 0.29) is 23.7 Å². The van der Waals surface area contributed by atoms with Crippen LogP contribution in [0, 0.1) is 0 Å². The minimum atomic E-state index is -0.202. The number of carbonyl (C=O) groups excluding carboxylic acids is 1. The normalized spacial score (nSPS) is 11.6. The van der Waals surface area contributed by atoms with Gasteiger partial charge >= 0.3 is 0 Å². The number of anilines is 1. The van der Waals surface area contributed by atoms with Crippen LogP contribution in [-0.4, -0.2) is 30.8 Å². The van der Waals surface area contributed by atoms with Gasteiger partial charge in [0, 0.05) is 22.7 Å². The van der Waals surface area contributed by atoms with Crippen molar-refractivity contribution < 1.29 is 9.32 Å². The Kier molecular flexibility index (Phi) is 5.69. The first-order chi connectivity index (χ1) is 12.8. The molecule has 1 aromatic carbocycles. The summed E-state index contributed by atoms with van der Waals surface area (Å²) in [6, 6.07) is 7.94. The first kappa shape index (κ1) is 19.2. The maximum Gasteiger partial charge on any atom is 0.248 e. The molecule has 0 saturated heterocycles. The van der Waals surface area contributed by atoms with Crippen LogP contribution in [0.25, 0.3) is 0 Å². The van der Waals surface area contributed by atoms with Gasteiger partial charge < -0.3 is 4.52 Å². The van der Waals surface area contributed by atoms with E-state index >= 15 is 0 Å². The molecule has 0 atom stereocenters. The number of hydrogen-bond acceptors (Lipinski definition) is 6. The summed E-state index contributed by atoms with van der Waals surface area (Å²) in [5.74, 6) is 1.15. The molecule has 142 valence electrons. The average molecular weight is 433 g/mol. The Labute approximate surface area is 165 Å². The third-order valence-corrected chi connectivity index (χ3v) is 4.28. The molecule has 0 aliphatic carbocycles. The monoisotopic (exact) mass is 432 g/mol. The maximum atomic E-state index is 12.1. The summed E-state index contributed by atoms with van der Waals surface area (Å²) in [7, 11) is 0. The van der Waals surface area contributed by atoms with Crippen molar-refractivity contribution in [2.45, 2.75) is 45.6 Å². The van der Waals surface area contributed by atoms with E-state index in [2.05, 4.69) is 41.5 Å². The zero-order valence-corrected chi connectivity index (χ0v) is 17.0. The maximum absolute atomic E-state index is 12.1. The van der Waals surface area contributed by atoms with E-state index in [1.807, 2.05) is 45.0 Å². The lowest BCUT2D eigenvalue weighted by Gasteiger charge is -2.10. The lowest BCUT2D eigenvalue weighted by atomic mass is 9.96. The van der Waals surface area contributed by atoms with Crippen LogP contribution in [-0.2, 0) is 23.2 Å². The van der Waals surface area contributed by atoms with Crippen LogP contribution in [0.1, 0.15) is 44.5 Å². The van der Waals surface area contributed by atoms with Crippen molar-refractivity contribution in [3.8, 4) is 0 Å². The molecule has 0 aliphatic heterocycles. The summed E-state index contributed by atoms with van der Waals surface area (Å²) in [5, 5.41) is 10.9. The largest absolute Gasteiger partial charge is 0.339 e. The fraction of sp³-hybridized carbons (Fsp3) is 0.389. The number of hydrogen-bond donors (Lipinski definition) is 1. The summed E-state index contributed by atoms with van der Waals surface area (Å²) in [4.78, 5) is 20.5. The van der Waals surface area contributed by atoms with E-state index in [1.54, 1.807) is 11.0 Å². The molecule has 8 nitrogen and oxygen atoms in total. The quantitative estimate of drug-likeness (QED) is 0.640. The first-order valence-electron chi connectivity index (χ1n) is 8.56. The highest BCUT2D eigenvalue weighted by molar-refractivity contribution is 9.10. The van der Waals surface area contributed by atoms with Gasteiger partial charge in [-0.05, 0) is 17.7 Å². The number of halogens is 1. The van der Waals surface area contributed by atoms with E-state index in [9.17, 15) is 4.79 Å². The second-order valence-corrected chi connectivity index (χ2v) is 8.12. The molecule has 2 heterocycles. The molecule has 0 saturated carbocycles. The highest BCUT2D eigenvalue weighted by atomic mass is 79.9. The number of rotatable bonds is 6. The average Bonchev–Trinajstić information content (AvgIpc) is 3.24. The summed E-state index contributed by atoms with van der Waals surface area (Å²) in [6.45, 7) is 6.59. The molecule has 1 N–H and O–H groups in total. The van der Waals surface area contributed by atoms with Gasteiger partial charge in [-0.25, -0.2) is 9.67 Å². The highest BCUT2D eigenvalue weighted by Crippen LogP contribution is 2.18. The summed E-state index contributed by atoms with van der Waals surface area (Å²) < 4.78 is 7.89. The molecule has 0 bridgehead atoms. The molecule has 2 aromatic heterocycles. The Balaban J connectivity index is 1.50. The molecule has 1 amide bonds. The van der Waals surface area contributed by atoms with Crippen molar-refractivity contribution in [2.75, 3.05) is 5.32 Å². The Morgan fingerprint density at radius 1 is 1.26 bits per heavy atom. The van der Waals surface area contributed by atoms with Gasteiger partial charge in [-0.3, -0.25) is 10.1 Å². The molecular weight excluding hydrogens is 412 g/mol. The minimum absolute atomic E-state index is 0.185. The fourth-order valence-electron chi connectivity index (χ4n) is 2.27. The molecule has 0 unspecified atom stereocenters. The van der Waals surface area contributed by atoms with E-state index < -0.39 is 0 Å². The molecule has 0 radical (unpaired) electrons. The summed E-state index contributed by atoms with van der Waals surface area (Å²) in [5.41, 5.74) is 0.905. The number of benzene rings is 1. The first-order valence-corrected chi connectivity index (χ1v) is 9.36. The molecule has 3 rings (SSSR count). The third kappa shape index (κ3) is 5.46. The van der Waals surface area contributed by atoms with E-state index in [1.165, 1.54) is 0 Å². The van der Waals surface area contributed by atoms with Crippen LogP contribution >= 0.6 is 15.9 Å². The lowest BCUT2D eigenvalue weighted by Crippen LogP contribution is -2.15. The Morgan fingerprint density at radius 3 is 2.67 bits per heavy atom. The van der Waals surface area contributed by atoms with Crippen molar-refractivity contribution in [3.63, 3.8) is 0 Å². The van der Waals surface area contributed by atoms with E-state index in [0.717, 1.165) is 10.0 Å². The number of nitrogens with one attached hydrogen (secondary N) is 1. The molecule has 9 heteroatoms. The Hall–Kier alpha value is -2.55. The summed E-state index contributed by atoms with van der Waals surface area (Å²) >= 11 is 3.41. The predicted octanol–water partition coefficient (Wildman–Crippen LogP) is 3.34. The van der Waals surface area contributed by atoms with Crippen molar-refractivity contribution in [2.24, 2.45) is 0 Å². The molecule has 0 spiro atoms. The molecule has 27 heavy (non-hydrogen) atoms. The van der Waals surface area contributed by atoms with Gasteiger partial charge in [-0.1, -0.05) is 54.0 Å². The van der Waals surface area contributed by atoms with Crippen molar-refractivity contribution >= 4 is 27.8 Å². The highest BCUT2D eigenvalue weighted by Gasteiger charge is 2.21. The minimum Gasteiger partial charge on any atom is -0.339 e. The SMILES string of the molecule is CC(C)(C)c1noc(CCC(=O)Nc2ncn(Cc3ccc(Br)cc3)n2)n1. The zero-order valence-electron chi connectivity index (χ0n) is 15.4. The predicted molar refractivity (Wildman–Crippen MR) is 103 cm³/mol. The van der Waals surface area contributed by atoms with Crippen LogP contribution in [0.15, 0.2) is 39.6 Å². The van der Waals surface area contributed by atoms with Gasteiger partial charge in [0.15, 0.2) is 5.82 Å². The second kappa shape index (κ2) is 7.99. The van der Waals surface area contributed by atoms with Crippen molar-refractivity contribution in [3.05, 3.63) is 52.3 Å².